The molecule has 0 bridgehead atoms. The third kappa shape index (κ3) is 8.36. The van der Waals surface area contributed by atoms with Crippen molar-refractivity contribution in [2.75, 3.05) is 36.9 Å². The molecule has 7 nitrogen and oxygen atoms in total. The summed E-state index contributed by atoms with van der Waals surface area (Å²) in [5, 5.41) is 11.4. The maximum Gasteiger partial charge on any atom is 0.573 e. The van der Waals surface area contributed by atoms with E-state index in [4.69, 9.17) is 5.26 Å². The zero-order chi connectivity index (χ0) is 22.9. The van der Waals surface area contributed by atoms with E-state index in [9.17, 15) is 22.8 Å². The van der Waals surface area contributed by atoms with Crippen molar-refractivity contribution < 1.29 is 27.5 Å². The second-order valence-corrected chi connectivity index (χ2v) is 6.58. The quantitative estimate of drug-likeness (QED) is 0.654. The van der Waals surface area contributed by atoms with E-state index in [-0.39, 0.29) is 32.0 Å². The number of para-hydroxylation sites is 1. The fourth-order valence-electron chi connectivity index (χ4n) is 2.73. The summed E-state index contributed by atoms with van der Waals surface area (Å²) < 4.78 is 40.3. The van der Waals surface area contributed by atoms with Gasteiger partial charge in [-0.15, -0.1) is 13.2 Å². The van der Waals surface area contributed by atoms with Crippen LogP contribution in [0.3, 0.4) is 0 Å². The summed E-state index contributed by atoms with van der Waals surface area (Å²) >= 11 is 0. The molecule has 0 aromatic heterocycles. The van der Waals surface area contributed by atoms with Crippen LogP contribution in [0.15, 0.2) is 54.6 Å². The number of benzene rings is 2. The van der Waals surface area contributed by atoms with Gasteiger partial charge in [0.2, 0.25) is 11.8 Å². The first-order chi connectivity index (χ1) is 14.7. The summed E-state index contributed by atoms with van der Waals surface area (Å²) in [4.78, 5) is 27.9. The van der Waals surface area contributed by atoms with Crippen LogP contribution in [0.4, 0.5) is 24.5 Å². The molecule has 0 atom stereocenters. The van der Waals surface area contributed by atoms with Crippen LogP contribution < -0.4 is 15.0 Å². The van der Waals surface area contributed by atoms with E-state index in [1.807, 2.05) is 12.1 Å². The van der Waals surface area contributed by atoms with E-state index in [1.54, 1.807) is 31.3 Å². The summed E-state index contributed by atoms with van der Waals surface area (Å²) in [6, 6.07) is 15.6. The van der Waals surface area contributed by atoms with Crippen LogP contribution in [0.25, 0.3) is 0 Å². The Bertz CT molecular complexity index is 912. The molecule has 1 N–H and O–H groups in total. The van der Waals surface area contributed by atoms with Crippen molar-refractivity contribution in [3.63, 3.8) is 0 Å². The van der Waals surface area contributed by atoms with E-state index in [0.29, 0.717) is 11.4 Å². The number of hydrogen-bond acceptors (Lipinski definition) is 5. The minimum absolute atomic E-state index is 0.0634. The summed E-state index contributed by atoms with van der Waals surface area (Å²) in [5.74, 6) is -1.11. The molecule has 0 heterocycles. The van der Waals surface area contributed by atoms with E-state index in [2.05, 4.69) is 10.1 Å². The zero-order valence-corrected chi connectivity index (χ0v) is 16.7. The van der Waals surface area contributed by atoms with Crippen LogP contribution in [0, 0.1) is 11.3 Å². The molecule has 0 aliphatic heterocycles. The molecule has 2 amide bonds. The number of nitrogens with one attached hydrogen (secondary N) is 1. The molecule has 0 radical (unpaired) electrons. The Morgan fingerprint density at radius 1 is 1.06 bits per heavy atom. The molecule has 0 aliphatic rings. The number of ether oxygens (including phenoxy) is 1. The van der Waals surface area contributed by atoms with Crippen LogP contribution >= 0.6 is 0 Å². The molecule has 0 fully saturated rings. The number of anilines is 2. The van der Waals surface area contributed by atoms with Crippen molar-refractivity contribution in [2.45, 2.75) is 12.8 Å². The van der Waals surface area contributed by atoms with Gasteiger partial charge >= 0.3 is 6.36 Å². The Morgan fingerprint density at radius 3 is 2.29 bits per heavy atom. The highest BCUT2D eigenvalue weighted by Gasteiger charge is 2.31. The molecule has 31 heavy (non-hydrogen) atoms. The van der Waals surface area contributed by atoms with E-state index >= 15 is 0 Å². The van der Waals surface area contributed by atoms with Crippen LogP contribution in [-0.4, -0.2) is 49.8 Å². The molecule has 0 spiro atoms. The SMILES string of the molecule is CN(CC(=O)Nc1ccc(OC(F)(F)F)cc1)CC(=O)N(CCC#N)c1ccccc1. The number of halogens is 3. The normalized spacial score (nSPS) is 11.0. The van der Waals surface area contributed by atoms with Crippen molar-refractivity contribution >= 4 is 23.2 Å². The average molecular weight is 434 g/mol. The van der Waals surface area contributed by atoms with E-state index < -0.39 is 18.0 Å². The number of carbonyl (C=O) groups is 2. The van der Waals surface area contributed by atoms with Gasteiger partial charge < -0.3 is 15.0 Å². The second-order valence-electron chi connectivity index (χ2n) is 6.58. The van der Waals surface area contributed by atoms with Crippen LogP contribution in [0.5, 0.6) is 5.75 Å². The third-order valence-electron chi connectivity index (χ3n) is 4.01. The molecule has 2 rings (SSSR count). The minimum atomic E-state index is -4.79. The number of rotatable bonds is 9. The summed E-state index contributed by atoms with van der Waals surface area (Å²) in [5.41, 5.74) is 0.945. The highest BCUT2D eigenvalue weighted by molar-refractivity contribution is 5.96. The van der Waals surface area contributed by atoms with Gasteiger partial charge in [-0.1, -0.05) is 18.2 Å². The number of carbonyl (C=O) groups excluding carboxylic acids is 2. The molecule has 10 heteroatoms. The maximum absolute atomic E-state index is 12.7. The summed E-state index contributed by atoms with van der Waals surface area (Å²) in [7, 11) is 1.59. The summed E-state index contributed by atoms with van der Waals surface area (Å²) in [6.07, 6.45) is -4.63. The topological polar surface area (TPSA) is 85.7 Å². The van der Waals surface area contributed by atoms with Gasteiger partial charge in [0.05, 0.1) is 25.6 Å². The standard InChI is InChI=1S/C21H21F3N4O3/c1-27(15-20(30)28(13-5-12-25)17-6-3-2-4-7-17)14-19(29)26-16-8-10-18(11-9-16)31-21(22,23)24/h2-4,6-11H,5,13-15H2,1H3,(H,26,29). The first kappa shape index (κ1) is 23.7. The molecule has 0 saturated carbocycles. The van der Waals surface area contributed by atoms with Crippen LogP contribution in [-0.2, 0) is 9.59 Å². The summed E-state index contributed by atoms with van der Waals surface area (Å²) in [6.45, 7) is 0.0469. The van der Waals surface area contributed by atoms with Crippen LogP contribution in [0.2, 0.25) is 0 Å². The van der Waals surface area contributed by atoms with Crippen molar-refractivity contribution in [1.29, 1.82) is 5.26 Å². The van der Waals surface area contributed by atoms with Crippen molar-refractivity contribution in [1.82, 2.24) is 4.90 Å². The number of nitriles is 1. The number of likely N-dealkylation sites (N-methyl/N-ethyl adjacent to an activating group) is 1. The van der Waals surface area contributed by atoms with Gasteiger partial charge in [0, 0.05) is 17.9 Å². The fourth-order valence-corrected chi connectivity index (χ4v) is 2.73. The Balaban J connectivity index is 1.90. The third-order valence-corrected chi connectivity index (χ3v) is 4.01. The smallest absolute Gasteiger partial charge is 0.406 e. The van der Waals surface area contributed by atoms with Gasteiger partial charge in [0.15, 0.2) is 0 Å². The van der Waals surface area contributed by atoms with Crippen molar-refractivity contribution in [3.05, 3.63) is 54.6 Å². The van der Waals surface area contributed by atoms with Gasteiger partial charge in [0.25, 0.3) is 0 Å². The number of nitrogens with zero attached hydrogens (tertiary/aromatic N) is 3. The molecular formula is C21H21F3N4O3. The predicted octanol–water partition coefficient (Wildman–Crippen LogP) is 3.40. The average Bonchev–Trinajstić information content (AvgIpc) is 2.69. The van der Waals surface area contributed by atoms with Gasteiger partial charge in [-0.25, -0.2) is 0 Å². The molecule has 164 valence electrons. The molecule has 0 unspecified atom stereocenters. The first-order valence-electron chi connectivity index (χ1n) is 9.24. The van der Waals surface area contributed by atoms with Gasteiger partial charge in [0.1, 0.15) is 5.75 Å². The molecular weight excluding hydrogens is 413 g/mol. The molecule has 0 saturated heterocycles. The number of amides is 2. The van der Waals surface area contributed by atoms with Gasteiger partial charge in [-0.05, 0) is 43.4 Å². The lowest BCUT2D eigenvalue weighted by atomic mass is 10.2. The van der Waals surface area contributed by atoms with Gasteiger partial charge in [-0.2, -0.15) is 5.26 Å². The van der Waals surface area contributed by atoms with Gasteiger partial charge in [-0.3, -0.25) is 14.5 Å². The zero-order valence-electron chi connectivity index (χ0n) is 16.7. The second kappa shape index (κ2) is 11.0. The number of hydrogen-bond donors (Lipinski definition) is 1. The van der Waals surface area contributed by atoms with E-state index in [1.165, 1.54) is 21.9 Å². The minimum Gasteiger partial charge on any atom is -0.406 e. The van der Waals surface area contributed by atoms with E-state index in [0.717, 1.165) is 12.1 Å². The van der Waals surface area contributed by atoms with Crippen LogP contribution in [0.1, 0.15) is 6.42 Å². The lowest BCUT2D eigenvalue weighted by Crippen LogP contribution is -2.42. The Kier molecular flexibility index (Phi) is 8.40. The van der Waals surface area contributed by atoms with Crippen molar-refractivity contribution in [3.8, 4) is 11.8 Å². The predicted molar refractivity (Wildman–Crippen MR) is 108 cm³/mol. The lowest BCUT2D eigenvalue weighted by Gasteiger charge is -2.24. The largest absolute Gasteiger partial charge is 0.573 e. The van der Waals surface area contributed by atoms with Crippen molar-refractivity contribution in [2.24, 2.45) is 0 Å². The number of alkyl halides is 3. The molecule has 2 aromatic rings. The highest BCUT2D eigenvalue weighted by Crippen LogP contribution is 2.24. The lowest BCUT2D eigenvalue weighted by molar-refractivity contribution is -0.274. The Morgan fingerprint density at radius 2 is 1.71 bits per heavy atom. The molecule has 0 aliphatic carbocycles. The Hall–Kier alpha value is -3.58. The first-order valence-corrected chi connectivity index (χ1v) is 9.24. The molecule has 2 aromatic carbocycles. The Labute approximate surface area is 177 Å². The monoisotopic (exact) mass is 434 g/mol. The highest BCUT2D eigenvalue weighted by atomic mass is 19.4. The fraction of sp³-hybridized carbons (Fsp3) is 0.286. The maximum atomic E-state index is 12.7.